The van der Waals surface area contributed by atoms with Gasteiger partial charge in [-0.2, -0.15) is 0 Å². The minimum atomic E-state index is -0.391. The molecule has 0 aromatic rings. The third-order valence-electron chi connectivity index (χ3n) is 3.70. The Labute approximate surface area is 104 Å². The van der Waals surface area contributed by atoms with Crippen LogP contribution in [0.4, 0.5) is 0 Å². The Morgan fingerprint density at radius 1 is 1.29 bits per heavy atom. The topological polar surface area (TPSA) is 49.4 Å². The molecule has 1 aliphatic rings. The second-order valence-electron chi connectivity index (χ2n) is 5.25. The Bertz CT molecular complexity index is 304. The van der Waals surface area contributed by atoms with Crippen LogP contribution in [0.15, 0.2) is 0 Å². The molecule has 0 aromatic heterocycles. The van der Waals surface area contributed by atoms with Gasteiger partial charge in [-0.1, -0.05) is 20.3 Å². The first-order chi connectivity index (χ1) is 7.88. The van der Waals surface area contributed by atoms with E-state index >= 15 is 0 Å². The summed E-state index contributed by atoms with van der Waals surface area (Å²) in [5.74, 6) is 0.561. The zero-order valence-corrected chi connectivity index (χ0v) is 11.5. The Morgan fingerprint density at radius 3 is 2.41 bits per heavy atom. The molecule has 0 spiro atoms. The maximum atomic E-state index is 12.1. The van der Waals surface area contributed by atoms with Crippen molar-refractivity contribution in [1.29, 1.82) is 0 Å². The molecule has 1 rings (SSSR count). The van der Waals surface area contributed by atoms with Gasteiger partial charge in [-0.05, 0) is 33.1 Å². The number of nitrogens with zero attached hydrogens (tertiary/aromatic N) is 1. The SMILES string of the molecule is CCC(C)CC(C)N1C(=O)C(C)NC(=O)C1C. The zero-order valence-electron chi connectivity index (χ0n) is 11.5. The van der Waals surface area contributed by atoms with Crippen LogP contribution in [0.25, 0.3) is 0 Å². The van der Waals surface area contributed by atoms with E-state index in [2.05, 4.69) is 19.2 Å². The fourth-order valence-electron chi connectivity index (χ4n) is 2.40. The van der Waals surface area contributed by atoms with Crippen LogP contribution < -0.4 is 5.32 Å². The largest absolute Gasteiger partial charge is 0.343 e. The van der Waals surface area contributed by atoms with Crippen LogP contribution in [0.5, 0.6) is 0 Å². The summed E-state index contributed by atoms with van der Waals surface area (Å²) < 4.78 is 0. The van der Waals surface area contributed by atoms with Gasteiger partial charge in [0.1, 0.15) is 12.1 Å². The molecule has 4 heteroatoms. The number of rotatable bonds is 4. The van der Waals surface area contributed by atoms with E-state index in [4.69, 9.17) is 0 Å². The molecule has 1 aliphatic heterocycles. The summed E-state index contributed by atoms with van der Waals surface area (Å²) in [6.07, 6.45) is 2.05. The monoisotopic (exact) mass is 240 g/mol. The Hall–Kier alpha value is -1.06. The molecule has 0 aliphatic carbocycles. The van der Waals surface area contributed by atoms with E-state index in [-0.39, 0.29) is 23.9 Å². The summed E-state index contributed by atoms with van der Waals surface area (Å²) in [6, 6.07) is -0.614. The van der Waals surface area contributed by atoms with E-state index in [9.17, 15) is 9.59 Å². The van der Waals surface area contributed by atoms with Crippen LogP contribution in [0, 0.1) is 5.92 Å². The number of nitrogens with one attached hydrogen (secondary N) is 1. The quantitative estimate of drug-likeness (QED) is 0.810. The van der Waals surface area contributed by atoms with Crippen molar-refractivity contribution in [3.05, 3.63) is 0 Å². The molecule has 2 amide bonds. The van der Waals surface area contributed by atoms with E-state index in [0.29, 0.717) is 5.92 Å². The summed E-state index contributed by atoms with van der Waals surface area (Å²) in [6.45, 7) is 9.90. The highest BCUT2D eigenvalue weighted by Gasteiger charge is 2.38. The summed E-state index contributed by atoms with van der Waals surface area (Å²) >= 11 is 0. The Kier molecular flexibility index (Phi) is 4.54. The zero-order chi connectivity index (χ0) is 13.2. The van der Waals surface area contributed by atoms with Crippen LogP contribution in [0.1, 0.15) is 47.5 Å². The third-order valence-corrected chi connectivity index (χ3v) is 3.70. The van der Waals surface area contributed by atoms with Crippen molar-refractivity contribution >= 4 is 11.8 Å². The van der Waals surface area contributed by atoms with Crippen molar-refractivity contribution in [2.24, 2.45) is 5.92 Å². The van der Waals surface area contributed by atoms with Gasteiger partial charge in [0, 0.05) is 6.04 Å². The minimum Gasteiger partial charge on any atom is -0.343 e. The highest BCUT2D eigenvalue weighted by molar-refractivity contribution is 5.96. The number of hydrogen-bond acceptors (Lipinski definition) is 2. The molecule has 1 fully saturated rings. The molecule has 0 bridgehead atoms. The lowest BCUT2D eigenvalue weighted by molar-refractivity contribution is -0.150. The fourth-order valence-corrected chi connectivity index (χ4v) is 2.40. The van der Waals surface area contributed by atoms with E-state index in [1.807, 2.05) is 6.92 Å². The minimum absolute atomic E-state index is 0.0351. The molecular formula is C13H24N2O2. The normalized spacial score (nSPS) is 28.9. The lowest BCUT2D eigenvalue weighted by Gasteiger charge is -2.40. The van der Waals surface area contributed by atoms with Crippen LogP contribution in [-0.4, -0.2) is 34.8 Å². The smallest absolute Gasteiger partial charge is 0.245 e. The van der Waals surface area contributed by atoms with Crippen LogP contribution in [-0.2, 0) is 9.59 Å². The lowest BCUT2D eigenvalue weighted by atomic mass is 9.96. The van der Waals surface area contributed by atoms with Gasteiger partial charge < -0.3 is 10.2 Å². The highest BCUT2D eigenvalue weighted by atomic mass is 16.2. The summed E-state index contributed by atoms with van der Waals surface area (Å²) in [5, 5.41) is 2.70. The number of hydrogen-bond donors (Lipinski definition) is 1. The number of carbonyl (C=O) groups excluding carboxylic acids is 2. The first-order valence-corrected chi connectivity index (χ1v) is 6.51. The van der Waals surface area contributed by atoms with Crippen molar-refractivity contribution in [1.82, 2.24) is 10.2 Å². The first kappa shape index (κ1) is 14.0. The van der Waals surface area contributed by atoms with Crippen molar-refractivity contribution in [2.75, 3.05) is 0 Å². The molecule has 4 nitrogen and oxygen atoms in total. The maximum absolute atomic E-state index is 12.1. The van der Waals surface area contributed by atoms with Gasteiger partial charge in [0.15, 0.2) is 0 Å². The average molecular weight is 240 g/mol. The van der Waals surface area contributed by atoms with Gasteiger partial charge in [-0.3, -0.25) is 9.59 Å². The predicted octanol–water partition coefficient (Wildman–Crippen LogP) is 1.55. The second kappa shape index (κ2) is 5.52. The molecule has 0 radical (unpaired) electrons. The first-order valence-electron chi connectivity index (χ1n) is 6.51. The van der Waals surface area contributed by atoms with E-state index in [1.165, 1.54) is 0 Å². The highest BCUT2D eigenvalue weighted by Crippen LogP contribution is 2.20. The Balaban J connectivity index is 2.77. The van der Waals surface area contributed by atoms with E-state index in [0.717, 1.165) is 12.8 Å². The second-order valence-corrected chi connectivity index (χ2v) is 5.25. The molecule has 4 atom stereocenters. The van der Waals surface area contributed by atoms with Crippen molar-refractivity contribution in [2.45, 2.75) is 65.6 Å². The van der Waals surface area contributed by atoms with Crippen LogP contribution >= 0.6 is 0 Å². The molecule has 17 heavy (non-hydrogen) atoms. The molecule has 1 heterocycles. The molecule has 4 unspecified atom stereocenters. The van der Waals surface area contributed by atoms with Crippen molar-refractivity contribution in [3.63, 3.8) is 0 Å². The number of carbonyl (C=O) groups is 2. The fraction of sp³-hybridized carbons (Fsp3) is 0.846. The van der Waals surface area contributed by atoms with Gasteiger partial charge >= 0.3 is 0 Å². The van der Waals surface area contributed by atoms with E-state index in [1.54, 1.807) is 18.7 Å². The van der Waals surface area contributed by atoms with Gasteiger partial charge in [-0.25, -0.2) is 0 Å². The standard InChI is InChI=1S/C13H24N2O2/c1-6-8(2)7-9(3)15-11(5)12(16)14-10(4)13(15)17/h8-11H,6-7H2,1-5H3,(H,14,16). The summed E-state index contributed by atoms with van der Waals surface area (Å²) in [7, 11) is 0. The third kappa shape index (κ3) is 2.99. The van der Waals surface area contributed by atoms with E-state index < -0.39 is 6.04 Å². The van der Waals surface area contributed by atoms with Crippen LogP contribution in [0.2, 0.25) is 0 Å². The average Bonchev–Trinajstić information content (AvgIpc) is 2.26. The van der Waals surface area contributed by atoms with Gasteiger partial charge in [0.05, 0.1) is 0 Å². The summed E-state index contributed by atoms with van der Waals surface area (Å²) in [4.78, 5) is 25.6. The lowest BCUT2D eigenvalue weighted by Crippen LogP contribution is -2.63. The van der Waals surface area contributed by atoms with Crippen molar-refractivity contribution in [3.8, 4) is 0 Å². The van der Waals surface area contributed by atoms with Gasteiger partial charge in [0.2, 0.25) is 11.8 Å². The molecule has 0 saturated carbocycles. The summed E-state index contributed by atoms with van der Waals surface area (Å²) in [5.41, 5.74) is 0. The molecule has 98 valence electrons. The molecule has 0 aromatic carbocycles. The van der Waals surface area contributed by atoms with Crippen LogP contribution in [0.3, 0.4) is 0 Å². The molecule has 1 N–H and O–H groups in total. The number of amides is 2. The van der Waals surface area contributed by atoms with Gasteiger partial charge in [-0.15, -0.1) is 0 Å². The van der Waals surface area contributed by atoms with Crippen molar-refractivity contribution < 1.29 is 9.59 Å². The maximum Gasteiger partial charge on any atom is 0.245 e. The predicted molar refractivity (Wildman–Crippen MR) is 67.4 cm³/mol. The number of piperazine rings is 1. The Morgan fingerprint density at radius 2 is 1.88 bits per heavy atom. The molecular weight excluding hydrogens is 216 g/mol. The molecule has 1 saturated heterocycles. The van der Waals surface area contributed by atoms with Gasteiger partial charge in [0.25, 0.3) is 0 Å².